The summed E-state index contributed by atoms with van der Waals surface area (Å²) < 4.78 is 51.9. The molecule has 1 aromatic carbocycles. The molecule has 1 aliphatic heterocycles. The van der Waals surface area contributed by atoms with Gasteiger partial charge < -0.3 is 4.90 Å². The number of likely N-dealkylation sites (tertiary alicyclic amines) is 1. The number of amides is 2. The molecule has 2 aromatic heterocycles. The molecule has 3 aromatic rings. The lowest BCUT2D eigenvalue weighted by Gasteiger charge is -2.31. The summed E-state index contributed by atoms with van der Waals surface area (Å²) in [6, 6.07) is 4.06. The molecule has 174 valence electrons. The van der Waals surface area contributed by atoms with Crippen LogP contribution in [0.4, 0.5) is 22.7 Å². The number of carbonyl (C=O) groups excluding carboxylic acids is 2. The third kappa shape index (κ3) is 5.14. The van der Waals surface area contributed by atoms with Gasteiger partial charge in [0.25, 0.3) is 11.8 Å². The first-order valence-electron chi connectivity index (χ1n) is 9.54. The van der Waals surface area contributed by atoms with E-state index >= 15 is 0 Å². The van der Waals surface area contributed by atoms with Crippen molar-refractivity contribution in [2.75, 3.05) is 18.4 Å². The van der Waals surface area contributed by atoms with E-state index in [-0.39, 0.29) is 38.7 Å². The van der Waals surface area contributed by atoms with Gasteiger partial charge in [-0.25, -0.2) is 9.37 Å². The first-order valence-corrected chi connectivity index (χ1v) is 11.6. The molecule has 3 heterocycles. The van der Waals surface area contributed by atoms with E-state index in [0.717, 1.165) is 0 Å². The molecule has 0 radical (unpaired) electrons. The smallest absolute Gasteiger partial charge is 0.338 e. The number of carbonyl (C=O) groups is 2. The lowest BCUT2D eigenvalue weighted by Crippen LogP contribution is -2.38. The molecule has 1 fully saturated rings. The highest BCUT2D eigenvalue weighted by molar-refractivity contribution is 7.15. The highest BCUT2D eigenvalue weighted by Crippen LogP contribution is 2.34. The second-order valence-corrected chi connectivity index (χ2v) is 9.37. The number of rotatable bonds is 4. The van der Waals surface area contributed by atoms with Gasteiger partial charge >= 0.3 is 6.18 Å². The van der Waals surface area contributed by atoms with Crippen LogP contribution in [0.25, 0.3) is 0 Å². The van der Waals surface area contributed by atoms with Gasteiger partial charge in [0.1, 0.15) is 11.5 Å². The summed E-state index contributed by atoms with van der Waals surface area (Å²) in [5, 5.41) is 9.40. The molecule has 0 atom stereocenters. The van der Waals surface area contributed by atoms with Crippen LogP contribution in [0.5, 0.6) is 0 Å². The number of nitrogens with zero attached hydrogens (tertiary/aromatic N) is 4. The van der Waals surface area contributed by atoms with Gasteiger partial charge in [0, 0.05) is 24.4 Å². The number of anilines is 1. The Labute approximate surface area is 197 Å². The van der Waals surface area contributed by atoms with Gasteiger partial charge in [-0.2, -0.15) is 13.2 Å². The average molecular weight is 520 g/mol. The Balaban J connectivity index is 1.36. The van der Waals surface area contributed by atoms with Gasteiger partial charge in [-0.15, -0.1) is 21.5 Å². The average Bonchev–Trinajstić information content (AvgIpc) is 3.43. The van der Waals surface area contributed by atoms with E-state index in [0.29, 0.717) is 30.9 Å². The van der Waals surface area contributed by atoms with Crippen molar-refractivity contribution in [2.24, 2.45) is 0 Å². The second-order valence-electron chi connectivity index (χ2n) is 7.10. The molecule has 1 N–H and O–H groups in total. The van der Waals surface area contributed by atoms with E-state index in [9.17, 15) is 27.2 Å². The van der Waals surface area contributed by atoms with Crippen LogP contribution in [0.2, 0.25) is 5.02 Å². The van der Waals surface area contributed by atoms with Gasteiger partial charge in [0.05, 0.1) is 15.6 Å². The molecule has 1 saturated heterocycles. The number of benzene rings is 1. The number of alkyl halides is 3. The quantitative estimate of drug-likeness (QED) is 0.486. The van der Waals surface area contributed by atoms with Crippen LogP contribution >= 0.6 is 34.3 Å². The van der Waals surface area contributed by atoms with Gasteiger partial charge in [0.2, 0.25) is 10.1 Å². The zero-order valence-corrected chi connectivity index (χ0v) is 18.9. The van der Waals surface area contributed by atoms with Crippen LogP contribution in [0.1, 0.15) is 49.6 Å². The Kier molecular flexibility index (Phi) is 6.64. The highest BCUT2D eigenvalue weighted by atomic mass is 35.5. The van der Waals surface area contributed by atoms with E-state index in [1.807, 2.05) is 0 Å². The van der Waals surface area contributed by atoms with Crippen molar-refractivity contribution >= 4 is 51.2 Å². The van der Waals surface area contributed by atoms with E-state index in [4.69, 9.17) is 11.6 Å². The van der Waals surface area contributed by atoms with Crippen molar-refractivity contribution < 1.29 is 27.2 Å². The van der Waals surface area contributed by atoms with E-state index in [2.05, 4.69) is 20.5 Å². The van der Waals surface area contributed by atoms with Crippen LogP contribution in [0.3, 0.4) is 0 Å². The summed E-state index contributed by atoms with van der Waals surface area (Å²) in [5.41, 5.74) is -0.105. The molecule has 7 nitrogen and oxygen atoms in total. The Bertz CT molecular complexity index is 1170. The van der Waals surface area contributed by atoms with Crippen molar-refractivity contribution in [3.05, 3.63) is 55.7 Å². The third-order valence-electron chi connectivity index (χ3n) is 4.95. The molecular formula is C19H14ClF4N5O2S2. The number of hydrogen-bond donors (Lipinski definition) is 1. The van der Waals surface area contributed by atoms with Crippen LogP contribution in [0.15, 0.2) is 23.6 Å². The van der Waals surface area contributed by atoms with Crippen molar-refractivity contribution in [2.45, 2.75) is 24.9 Å². The molecule has 1 aliphatic rings. The Hall–Kier alpha value is -2.64. The summed E-state index contributed by atoms with van der Waals surface area (Å²) in [6.07, 6.45) is -3.53. The fourth-order valence-electron chi connectivity index (χ4n) is 3.32. The first-order chi connectivity index (χ1) is 15.6. The molecule has 0 unspecified atom stereocenters. The van der Waals surface area contributed by atoms with Crippen LogP contribution in [0, 0.1) is 5.82 Å². The Morgan fingerprint density at radius 3 is 2.55 bits per heavy atom. The number of hydrogen-bond acceptors (Lipinski definition) is 7. The molecule has 33 heavy (non-hydrogen) atoms. The minimum Gasteiger partial charge on any atom is -0.338 e. The molecule has 0 bridgehead atoms. The Morgan fingerprint density at radius 1 is 1.18 bits per heavy atom. The maximum atomic E-state index is 14.1. The van der Waals surface area contributed by atoms with E-state index in [1.165, 1.54) is 39.8 Å². The molecule has 0 aliphatic carbocycles. The minimum atomic E-state index is -4.64. The number of thiazole rings is 1. The van der Waals surface area contributed by atoms with Gasteiger partial charge in [-0.3, -0.25) is 14.9 Å². The lowest BCUT2D eigenvalue weighted by atomic mass is 9.97. The minimum absolute atomic E-state index is 0.0185. The van der Waals surface area contributed by atoms with Gasteiger partial charge in [0.15, 0.2) is 0 Å². The zero-order valence-electron chi connectivity index (χ0n) is 16.5. The van der Waals surface area contributed by atoms with Gasteiger partial charge in [-0.05, 0) is 25.0 Å². The summed E-state index contributed by atoms with van der Waals surface area (Å²) >= 11 is 7.45. The number of halogens is 5. The van der Waals surface area contributed by atoms with Crippen molar-refractivity contribution in [1.29, 1.82) is 0 Å². The number of aromatic nitrogens is 3. The zero-order chi connectivity index (χ0) is 23.8. The van der Waals surface area contributed by atoms with Gasteiger partial charge in [-0.1, -0.05) is 29.0 Å². The monoisotopic (exact) mass is 519 g/mol. The maximum absolute atomic E-state index is 14.1. The first kappa shape index (κ1) is 23.5. The largest absolute Gasteiger partial charge is 0.445 e. The van der Waals surface area contributed by atoms with Crippen molar-refractivity contribution in [1.82, 2.24) is 20.1 Å². The molecule has 0 saturated carbocycles. The van der Waals surface area contributed by atoms with Crippen molar-refractivity contribution in [3.63, 3.8) is 0 Å². The SMILES string of the molecule is O=C(Nc1nnc(C(F)(F)F)s1)c1csc(C2CCN(C(=O)c3c(F)cccc3Cl)CC2)n1. The molecule has 4 rings (SSSR count). The maximum Gasteiger partial charge on any atom is 0.445 e. The summed E-state index contributed by atoms with van der Waals surface area (Å²) in [7, 11) is 0. The molecule has 2 amide bonds. The predicted molar refractivity (Wildman–Crippen MR) is 114 cm³/mol. The van der Waals surface area contributed by atoms with E-state index in [1.54, 1.807) is 0 Å². The summed E-state index contributed by atoms with van der Waals surface area (Å²) in [5.74, 6) is -1.87. The second kappa shape index (κ2) is 9.31. The fraction of sp³-hybridized carbons (Fsp3) is 0.316. The number of nitrogens with one attached hydrogen (secondary N) is 1. The molecular weight excluding hydrogens is 506 g/mol. The number of piperidine rings is 1. The molecule has 14 heteroatoms. The fourth-order valence-corrected chi connectivity index (χ4v) is 5.14. The lowest BCUT2D eigenvalue weighted by molar-refractivity contribution is -0.138. The third-order valence-corrected chi connectivity index (χ3v) is 7.16. The summed E-state index contributed by atoms with van der Waals surface area (Å²) in [6.45, 7) is 0.723. The summed E-state index contributed by atoms with van der Waals surface area (Å²) in [4.78, 5) is 30.8. The predicted octanol–water partition coefficient (Wildman–Crippen LogP) is 5.08. The van der Waals surface area contributed by atoms with E-state index < -0.39 is 28.8 Å². The highest BCUT2D eigenvalue weighted by Gasteiger charge is 2.36. The Morgan fingerprint density at radius 2 is 1.91 bits per heavy atom. The topological polar surface area (TPSA) is 88.1 Å². The van der Waals surface area contributed by atoms with Crippen LogP contribution < -0.4 is 5.32 Å². The molecule has 0 spiro atoms. The normalized spacial score (nSPS) is 15.0. The van der Waals surface area contributed by atoms with Crippen LogP contribution in [-0.2, 0) is 6.18 Å². The van der Waals surface area contributed by atoms with Crippen LogP contribution in [-0.4, -0.2) is 45.0 Å². The van der Waals surface area contributed by atoms with Crippen molar-refractivity contribution in [3.8, 4) is 0 Å². The standard InChI is InChI=1S/C19H14ClF4N5O2S2/c20-10-2-1-3-11(21)13(10)16(31)29-6-4-9(5-7-29)15-25-12(8-32-15)14(30)26-18-28-27-17(33-18)19(22,23)24/h1-3,8-9H,4-7H2,(H,26,28,30).